The summed E-state index contributed by atoms with van der Waals surface area (Å²) in [4.78, 5) is 12.1. The first-order chi connectivity index (χ1) is 7.12. The maximum Gasteiger partial charge on any atom is 0.194 e. The van der Waals surface area contributed by atoms with E-state index in [1.165, 1.54) is 0 Å². The highest BCUT2D eigenvalue weighted by Crippen LogP contribution is 2.29. The molecule has 15 heavy (non-hydrogen) atoms. The summed E-state index contributed by atoms with van der Waals surface area (Å²) in [5.41, 5.74) is -0.0167. The molecule has 1 unspecified atom stereocenters. The van der Waals surface area contributed by atoms with Crippen molar-refractivity contribution in [3.63, 3.8) is 0 Å². The van der Waals surface area contributed by atoms with Crippen LogP contribution in [-0.4, -0.2) is 18.0 Å². The Labute approximate surface area is 94.2 Å². The molecule has 0 saturated carbocycles. The Bertz CT molecular complexity index is 381. The predicted octanol–water partition coefficient (Wildman–Crippen LogP) is 3.09. The van der Waals surface area contributed by atoms with Gasteiger partial charge in [-0.3, -0.25) is 4.79 Å². The van der Waals surface area contributed by atoms with Crippen LogP contribution in [0.15, 0.2) is 24.3 Å². The van der Waals surface area contributed by atoms with Crippen molar-refractivity contribution in [1.82, 2.24) is 0 Å². The minimum absolute atomic E-state index is 0.0301. The van der Waals surface area contributed by atoms with E-state index in [4.69, 9.17) is 16.3 Å². The van der Waals surface area contributed by atoms with Crippen LogP contribution in [0.4, 0.5) is 0 Å². The SMILES string of the molecule is CC1(C(=O)c2cccc(Cl)c2)CCCO1. The first-order valence-electron chi connectivity index (χ1n) is 5.06. The summed E-state index contributed by atoms with van der Waals surface area (Å²) in [6.07, 6.45) is 1.74. The minimum atomic E-state index is -0.648. The van der Waals surface area contributed by atoms with Gasteiger partial charge >= 0.3 is 0 Å². The third-order valence-electron chi connectivity index (χ3n) is 2.79. The van der Waals surface area contributed by atoms with Crippen molar-refractivity contribution >= 4 is 17.4 Å². The van der Waals surface area contributed by atoms with E-state index in [0.29, 0.717) is 17.2 Å². The topological polar surface area (TPSA) is 26.3 Å². The molecule has 2 rings (SSSR count). The van der Waals surface area contributed by atoms with Crippen LogP contribution in [0.5, 0.6) is 0 Å². The van der Waals surface area contributed by atoms with E-state index in [1.807, 2.05) is 6.92 Å². The second-order valence-electron chi connectivity index (χ2n) is 4.02. The predicted molar refractivity (Wildman–Crippen MR) is 59.4 cm³/mol. The van der Waals surface area contributed by atoms with Gasteiger partial charge in [-0.05, 0) is 31.9 Å². The van der Waals surface area contributed by atoms with Crippen molar-refractivity contribution in [2.24, 2.45) is 0 Å². The van der Waals surface area contributed by atoms with Gasteiger partial charge in [0.2, 0.25) is 0 Å². The lowest BCUT2D eigenvalue weighted by Gasteiger charge is -2.21. The molecule has 1 aliphatic heterocycles. The molecule has 2 nitrogen and oxygen atoms in total. The molecule has 1 aromatic rings. The van der Waals surface area contributed by atoms with E-state index in [9.17, 15) is 4.79 Å². The van der Waals surface area contributed by atoms with Crippen molar-refractivity contribution in [3.05, 3.63) is 34.9 Å². The highest BCUT2D eigenvalue weighted by molar-refractivity contribution is 6.31. The van der Waals surface area contributed by atoms with Gasteiger partial charge in [-0.2, -0.15) is 0 Å². The number of rotatable bonds is 2. The van der Waals surface area contributed by atoms with Gasteiger partial charge in [-0.1, -0.05) is 23.7 Å². The van der Waals surface area contributed by atoms with Crippen LogP contribution in [0.25, 0.3) is 0 Å². The average Bonchev–Trinajstić information content (AvgIpc) is 2.65. The Morgan fingerprint density at radius 2 is 2.33 bits per heavy atom. The lowest BCUT2D eigenvalue weighted by Crippen LogP contribution is -2.34. The van der Waals surface area contributed by atoms with Gasteiger partial charge in [-0.25, -0.2) is 0 Å². The van der Waals surface area contributed by atoms with E-state index < -0.39 is 5.60 Å². The summed E-state index contributed by atoms with van der Waals surface area (Å²) in [5, 5.41) is 0.586. The zero-order chi connectivity index (χ0) is 10.9. The second kappa shape index (κ2) is 3.95. The molecular weight excluding hydrogens is 212 g/mol. The monoisotopic (exact) mass is 224 g/mol. The molecule has 0 spiro atoms. The van der Waals surface area contributed by atoms with E-state index in [2.05, 4.69) is 0 Å². The third-order valence-corrected chi connectivity index (χ3v) is 3.02. The van der Waals surface area contributed by atoms with Crippen LogP contribution in [0.3, 0.4) is 0 Å². The molecule has 1 atom stereocenters. The Balaban J connectivity index is 2.27. The Morgan fingerprint density at radius 3 is 2.93 bits per heavy atom. The maximum absolute atomic E-state index is 12.1. The number of carbonyl (C=O) groups excluding carboxylic acids is 1. The summed E-state index contributed by atoms with van der Waals surface area (Å²) in [5.74, 6) is 0.0301. The number of hydrogen-bond donors (Lipinski definition) is 0. The standard InChI is InChI=1S/C12H13ClO2/c1-12(6-3-7-15-12)11(14)9-4-2-5-10(13)8-9/h2,4-5,8H,3,6-7H2,1H3. The molecule has 0 amide bonds. The van der Waals surface area contributed by atoms with E-state index in [-0.39, 0.29) is 5.78 Å². The van der Waals surface area contributed by atoms with Crippen LogP contribution in [-0.2, 0) is 4.74 Å². The van der Waals surface area contributed by atoms with E-state index >= 15 is 0 Å². The highest BCUT2D eigenvalue weighted by atomic mass is 35.5. The molecule has 1 fully saturated rings. The zero-order valence-electron chi connectivity index (χ0n) is 8.63. The molecule has 0 bridgehead atoms. The van der Waals surface area contributed by atoms with Gasteiger partial charge in [0.05, 0.1) is 0 Å². The first kappa shape index (κ1) is 10.7. The summed E-state index contributed by atoms with van der Waals surface area (Å²) in [6.45, 7) is 2.52. The quantitative estimate of drug-likeness (QED) is 0.722. The molecule has 0 N–H and O–H groups in total. The fourth-order valence-corrected chi connectivity index (χ4v) is 2.08. The van der Waals surface area contributed by atoms with Crippen LogP contribution in [0, 0.1) is 0 Å². The summed E-state index contributed by atoms with van der Waals surface area (Å²) >= 11 is 5.85. The molecule has 3 heteroatoms. The van der Waals surface area contributed by atoms with Gasteiger partial charge in [-0.15, -0.1) is 0 Å². The van der Waals surface area contributed by atoms with E-state index in [1.54, 1.807) is 24.3 Å². The number of ether oxygens (including phenoxy) is 1. The molecular formula is C12H13ClO2. The van der Waals surface area contributed by atoms with Crippen molar-refractivity contribution in [2.45, 2.75) is 25.4 Å². The number of hydrogen-bond acceptors (Lipinski definition) is 2. The highest BCUT2D eigenvalue weighted by Gasteiger charge is 2.38. The smallest absolute Gasteiger partial charge is 0.194 e. The van der Waals surface area contributed by atoms with Gasteiger partial charge < -0.3 is 4.74 Å². The van der Waals surface area contributed by atoms with Crippen LogP contribution in [0.2, 0.25) is 5.02 Å². The Morgan fingerprint density at radius 1 is 1.53 bits per heavy atom. The van der Waals surface area contributed by atoms with Crippen molar-refractivity contribution in [3.8, 4) is 0 Å². The number of halogens is 1. The third kappa shape index (κ3) is 2.06. The molecule has 1 aromatic carbocycles. The normalized spacial score (nSPS) is 25.5. The number of carbonyl (C=O) groups is 1. The minimum Gasteiger partial charge on any atom is -0.367 e. The van der Waals surface area contributed by atoms with Gasteiger partial charge in [0.15, 0.2) is 5.78 Å². The number of Topliss-reactive ketones (excluding diaryl/α,β-unsaturated/α-hetero) is 1. The molecule has 0 radical (unpaired) electrons. The zero-order valence-corrected chi connectivity index (χ0v) is 9.38. The average molecular weight is 225 g/mol. The second-order valence-corrected chi connectivity index (χ2v) is 4.46. The lowest BCUT2D eigenvalue weighted by molar-refractivity contribution is 0.0213. The van der Waals surface area contributed by atoms with Crippen LogP contribution in [0.1, 0.15) is 30.1 Å². The van der Waals surface area contributed by atoms with Gasteiger partial charge in [0, 0.05) is 17.2 Å². The maximum atomic E-state index is 12.1. The first-order valence-corrected chi connectivity index (χ1v) is 5.44. The molecule has 0 aliphatic carbocycles. The lowest BCUT2D eigenvalue weighted by atomic mass is 9.92. The summed E-state index contributed by atoms with van der Waals surface area (Å²) in [6, 6.07) is 7.02. The summed E-state index contributed by atoms with van der Waals surface area (Å²) < 4.78 is 5.50. The Hall–Kier alpha value is -0.860. The fourth-order valence-electron chi connectivity index (χ4n) is 1.89. The molecule has 1 aliphatic rings. The van der Waals surface area contributed by atoms with Crippen molar-refractivity contribution < 1.29 is 9.53 Å². The molecule has 1 heterocycles. The van der Waals surface area contributed by atoms with Crippen LogP contribution < -0.4 is 0 Å². The Kier molecular flexibility index (Phi) is 2.81. The van der Waals surface area contributed by atoms with Crippen LogP contribution >= 0.6 is 11.6 Å². The van der Waals surface area contributed by atoms with Gasteiger partial charge in [0.25, 0.3) is 0 Å². The van der Waals surface area contributed by atoms with Gasteiger partial charge in [0.1, 0.15) is 5.60 Å². The largest absolute Gasteiger partial charge is 0.367 e. The van der Waals surface area contributed by atoms with Crippen molar-refractivity contribution in [2.75, 3.05) is 6.61 Å². The summed E-state index contributed by atoms with van der Waals surface area (Å²) in [7, 11) is 0. The number of ketones is 1. The fraction of sp³-hybridized carbons (Fsp3) is 0.417. The molecule has 1 saturated heterocycles. The number of benzene rings is 1. The molecule has 0 aromatic heterocycles. The molecule has 80 valence electrons. The van der Waals surface area contributed by atoms with Crippen molar-refractivity contribution in [1.29, 1.82) is 0 Å². The van der Waals surface area contributed by atoms with E-state index in [0.717, 1.165) is 12.8 Å².